The number of likely N-dealkylation sites (tertiary alicyclic amines) is 1. The first-order valence-corrected chi connectivity index (χ1v) is 10.4. The highest BCUT2D eigenvalue weighted by Crippen LogP contribution is 2.29. The Morgan fingerprint density at radius 3 is 2.59 bits per heavy atom. The molecule has 1 aliphatic heterocycles. The third kappa shape index (κ3) is 4.66. The second kappa shape index (κ2) is 8.53. The molecule has 0 spiro atoms. The molecule has 1 saturated heterocycles. The van der Waals surface area contributed by atoms with Crippen LogP contribution >= 0.6 is 11.3 Å². The van der Waals surface area contributed by atoms with Crippen LogP contribution in [0.1, 0.15) is 31.2 Å². The number of rotatable bonds is 6. The second-order valence-corrected chi connectivity index (χ2v) is 7.98. The summed E-state index contributed by atoms with van der Waals surface area (Å²) in [6.45, 7) is 1.56. The number of ether oxygens (including phenoxy) is 1. The number of aryl methyl sites for hydroxylation is 1. The molecule has 4 rings (SSSR count). The Morgan fingerprint density at radius 2 is 1.81 bits per heavy atom. The maximum Gasteiger partial charge on any atom is 0.274 e. The van der Waals surface area contributed by atoms with E-state index < -0.39 is 0 Å². The van der Waals surface area contributed by atoms with Crippen LogP contribution < -0.4 is 4.74 Å². The summed E-state index contributed by atoms with van der Waals surface area (Å²) in [4.78, 5) is 19.0. The minimum Gasteiger partial charge on any atom is -0.467 e. The number of para-hydroxylation sites is 1. The lowest BCUT2D eigenvalue weighted by molar-refractivity contribution is -0.133. The number of fused-ring (bicyclic) bond motifs is 1. The SMILES string of the molecule is O=C(CCCc1ccccc1)N1CCC(Oc2nc3ccccc3s2)CC1. The Kier molecular flexibility index (Phi) is 5.68. The zero-order valence-electron chi connectivity index (χ0n) is 15.3. The maximum absolute atomic E-state index is 12.4. The fraction of sp³-hybridized carbons (Fsp3) is 0.364. The molecule has 0 N–H and O–H groups in total. The van der Waals surface area contributed by atoms with Gasteiger partial charge >= 0.3 is 0 Å². The largest absolute Gasteiger partial charge is 0.467 e. The average Bonchev–Trinajstić information content (AvgIpc) is 3.11. The van der Waals surface area contributed by atoms with Crippen molar-refractivity contribution in [2.24, 2.45) is 0 Å². The van der Waals surface area contributed by atoms with Gasteiger partial charge in [-0.3, -0.25) is 4.79 Å². The Hall–Kier alpha value is -2.40. The number of aromatic nitrogens is 1. The van der Waals surface area contributed by atoms with Crippen LogP contribution in [0.3, 0.4) is 0 Å². The van der Waals surface area contributed by atoms with Gasteiger partial charge in [-0.25, -0.2) is 4.98 Å². The van der Waals surface area contributed by atoms with Crippen LogP contribution in [0, 0.1) is 0 Å². The first kappa shape index (κ1) is 18.0. The monoisotopic (exact) mass is 380 g/mol. The first-order chi connectivity index (χ1) is 13.3. The van der Waals surface area contributed by atoms with E-state index in [2.05, 4.69) is 23.2 Å². The van der Waals surface area contributed by atoms with Crippen LogP contribution in [0.15, 0.2) is 54.6 Å². The van der Waals surface area contributed by atoms with E-state index in [9.17, 15) is 4.79 Å². The van der Waals surface area contributed by atoms with Crippen molar-refractivity contribution in [2.45, 2.75) is 38.2 Å². The maximum atomic E-state index is 12.4. The molecule has 1 aromatic heterocycles. The number of hydrogen-bond donors (Lipinski definition) is 0. The molecule has 140 valence electrons. The van der Waals surface area contributed by atoms with E-state index in [1.807, 2.05) is 41.3 Å². The van der Waals surface area contributed by atoms with E-state index >= 15 is 0 Å². The topological polar surface area (TPSA) is 42.4 Å². The van der Waals surface area contributed by atoms with Crippen LogP contribution in [0.5, 0.6) is 5.19 Å². The predicted molar refractivity (Wildman–Crippen MR) is 109 cm³/mol. The minimum absolute atomic E-state index is 0.152. The van der Waals surface area contributed by atoms with Crippen LogP contribution in [0.2, 0.25) is 0 Å². The van der Waals surface area contributed by atoms with Crippen molar-refractivity contribution >= 4 is 27.5 Å². The van der Waals surface area contributed by atoms with Crippen LogP contribution in [0.4, 0.5) is 0 Å². The summed E-state index contributed by atoms with van der Waals surface area (Å²) in [6, 6.07) is 18.5. The molecular weight excluding hydrogens is 356 g/mol. The highest BCUT2D eigenvalue weighted by atomic mass is 32.1. The number of piperidine rings is 1. The minimum atomic E-state index is 0.152. The number of carbonyl (C=O) groups excluding carboxylic acids is 1. The summed E-state index contributed by atoms with van der Waals surface area (Å²) in [5.41, 5.74) is 2.29. The molecular formula is C22H24N2O2S. The van der Waals surface area contributed by atoms with Crippen LogP contribution in [-0.2, 0) is 11.2 Å². The molecule has 0 unspecified atom stereocenters. The zero-order valence-corrected chi connectivity index (χ0v) is 16.2. The van der Waals surface area contributed by atoms with E-state index in [1.165, 1.54) is 5.56 Å². The van der Waals surface area contributed by atoms with Gasteiger partial charge in [-0.05, 0) is 30.5 Å². The van der Waals surface area contributed by atoms with Gasteiger partial charge in [0.1, 0.15) is 6.10 Å². The number of hydrogen-bond acceptors (Lipinski definition) is 4. The van der Waals surface area contributed by atoms with E-state index in [-0.39, 0.29) is 12.0 Å². The lowest BCUT2D eigenvalue weighted by atomic mass is 10.1. The summed E-state index contributed by atoms with van der Waals surface area (Å²) in [5, 5.41) is 0.740. The highest BCUT2D eigenvalue weighted by Gasteiger charge is 2.24. The van der Waals surface area contributed by atoms with Crippen molar-refractivity contribution in [1.29, 1.82) is 0 Å². The van der Waals surface area contributed by atoms with Gasteiger partial charge in [-0.2, -0.15) is 0 Å². The molecule has 0 radical (unpaired) electrons. The smallest absolute Gasteiger partial charge is 0.274 e. The van der Waals surface area contributed by atoms with Gasteiger partial charge in [0.05, 0.1) is 10.2 Å². The molecule has 2 heterocycles. The van der Waals surface area contributed by atoms with Crippen molar-refractivity contribution in [3.05, 3.63) is 60.2 Å². The summed E-state index contributed by atoms with van der Waals surface area (Å²) in [7, 11) is 0. The van der Waals surface area contributed by atoms with Gasteiger partial charge in [0.15, 0.2) is 0 Å². The third-order valence-corrected chi connectivity index (χ3v) is 5.96. The normalized spacial score (nSPS) is 15.2. The van der Waals surface area contributed by atoms with Crippen LogP contribution in [0.25, 0.3) is 10.2 Å². The summed E-state index contributed by atoms with van der Waals surface area (Å²) in [5.74, 6) is 0.268. The summed E-state index contributed by atoms with van der Waals surface area (Å²) >= 11 is 1.59. The summed E-state index contributed by atoms with van der Waals surface area (Å²) in [6.07, 6.45) is 4.40. The second-order valence-electron chi connectivity index (χ2n) is 6.98. The molecule has 4 nitrogen and oxygen atoms in total. The zero-order chi connectivity index (χ0) is 18.5. The van der Waals surface area contributed by atoms with Crippen molar-refractivity contribution in [1.82, 2.24) is 9.88 Å². The molecule has 0 bridgehead atoms. The molecule has 0 aliphatic carbocycles. The highest BCUT2D eigenvalue weighted by molar-refractivity contribution is 7.20. The number of carbonyl (C=O) groups is 1. The molecule has 1 fully saturated rings. The number of amides is 1. The van der Waals surface area contributed by atoms with Crippen molar-refractivity contribution < 1.29 is 9.53 Å². The Bertz CT molecular complexity index is 852. The third-order valence-electron chi connectivity index (χ3n) is 5.04. The van der Waals surface area contributed by atoms with Crippen molar-refractivity contribution in [3.8, 4) is 5.19 Å². The molecule has 0 saturated carbocycles. The van der Waals surface area contributed by atoms with Gasteiger partial charge in [0.25, 0.3) is 5.19 Å². The fourth-order valence-corrected chi connectivity index (χ4v) is 4.39. The number of thiazole rings is 1. The van der Waals surface area contributed by atoms with E-state index in [0.29, 0.717) is 6.42 Å². The number of benzene rings is 2. The van der Waals surface area contributed by atoms with Gasteiger partial charge in [0, 0.05) is 32.4 Å². The average molecular weight is 381 g/mol. The quantitative estimate of drug-likeness (QED) is 0.623. The van der Waals surface area contributed by atoms with Crippen LogP contribution in [-0.4, -0.2) is 35.0 Å². The van der Waals surface area contributed by atoms with Gasteiger partial charge in [-0.15, -0.1) is 0 Å². The molecule has 0 atom stereocenters. The van der Waals surface area contributed by atoms with E-state index in [4.69, 9.17) is 4.74 Å². The standard InChI is InChI=1S/C22H24N2O2S/c25-21(12-6-9-17-7-2-1-3-8-17)24-15-13-18(14-16-24)26-22-23-19-10-4-5-11-20(19)27-22/h1-5,7-8,10-11,18H,6,9,12-16H2. The van der Waals surface area contributed by atoms with E-state index in [0.717, 1.165) is 54.2 Å². The Morgan fingerprint density at radius 1 is 1.07 bits per heavy atom. The lowest BCUT2D eigenvalue weighted by Crippen LogP contribution is -2.41. The first-order valence-electron chi connectivity index (χ1n) is 9.62. The molecule has 27 heavy (non-hydrogen) atoms. The lowest BCUT2D eigenvalue weighted by Gasteiger charge is -2.31. The number of nitrogens with zero attached hydrogens (tertiary/aromatic N) is 2. The fourth-order valence-electron chi connectivity index (χ4n) is 3.51. The Labute approximate surface area is 163 Å². The molecule has 3 aromatic rings. The van der Waals surface area contributed by atoms with Crippen molar-refractivity contribution in [3.63, 3.8) is 0 Å². The van der Waals surface area contributed by atoms with Crippen molar-refractivity contribution in [2.75, 3.05) is 13.1 Å². The molecule has 1 aliphatic rings. The van der Waals surface area contributed by atoms with Gasteiger partial charge < -0.3 is 9.64 Å². The Balaban J connectivity index is 1.21. The predicted octanol–water partition coefficient (Wildman–Crippen LogP) is 4.69. The van der Waals surface area contributed by atoms with Gasteiger partial charge in [0.2, 0.25) is 5.91 Å². The van der Waals surface area contributed by atoms with E-state index in [1.54, 1.807) is 11.3 Å². The van der Waals surface area contributed by atoms with Gasteiger partial charge in [-0.1, -0.05) is 53.8 Å². The molecule has 5 heteroatoms. The summed E-state index contributed by atoms with van der Waals surface area (Å²) < 4.78 is 7.23. The molecule has 1 amide bonds. The molecule has 2 aromatic carbocycles.